The number of anilines is 5. The zero-order chi connectivity index (χ0) is 44.2. The van der Waals surface area contributed by atoms with Crippen LogP contribution in [0.3, 0.4) is 0 Å². The minimum atomic E-state index is -5.01. The number of hydrogen-bond donors (Lipinski definition) is 8. The van der Waals surface area contributed by atoms with Crippen molar-refractivity contribution in [1.82, 2.24) is 15.0 Å². The van der Waals surface area contributed by atoms with Gasteiger partial charge in [0.25, 0.3) is 20.2 Å². The highest BCUT2D eigenvalue weighted by Gasteiger charge is 2.23. The molecule has 0 aliphatic carbocycles. The summed E-state index contributed by atoms with van der Waals surface area (Å²) in [7, 11) is -18.7. The zero-order valence-electron chi connectivity index (χ0n) is 29.5. The minimum absolute atomic E-state index is 0.00265. The van der Waals surface area contributed by atoms with Crippen LogP contribution < -0.4 is 16.0 Å². The number of phenols is 1. The lowest BCUT2D eigenvalue weighted by Crippen LogP contribution is -2.15. The van der Waals surface area contributed by atoms with Gasteiger partial charge >= 0.3 is 10.4 Å². The predicted molar refractivity (Wildman–Crippen MR) is 208 cm³/mol. The molecule has 0 saturated heterocycles. The summed E-state index contributed by atoms with van der Waals surface area (Å²) in [5, 5.41) is 38.6. The summed E-state index contributed by atoms with van der Waals surface area (Å²) >= 11 is 6.30. The number of hydrogen-bond acceptors (Lipinski definition) is 22. The number of carbonyl (C=O) groups excluding carboxylic acids is 1. The Kier molecular flexibility index (Phi) is 13.9. The number of sulfone groups is 1. The van der Waals surface area contributed by atoms with Crippen molar-refractivity contribution in [2.75, 3.05) is 28.3 Å². The van der Waals surface area contributed by atoms with Crippen LogP contribution in [0, 0.1) is 0 Å². The fourth-order valence-electron chi connectivity index (χ4n) is 4.94. The molecular weight excluding hydrogens is 928 g/mol. The molecule has 5 rings (SSSR count). The fourth-order valence-corrected chi connectivity index (χ4v) is 8.23. The van der Waals surface area contributed by atoms with Gasteiger partial charge in [0, 0.05) is 23.7 Å². The number of amides is 1. The Balaban J connectivity index is 1.48. The summed E-state index contributed by atoms with van der Waals surface area (Å²) < 4.78 is 132. The molecule has 0 aliphatic heterocycles. The molecule has 8 N–H and O–H groups in total. The number of carbonyl (C=O) groups is 1. The maximum atomic E-state index is 12.5. The Labute approximate surface area is 347 Å². The summed E-state index contributed by atoms with van der Waals surface area (Å²) in [6, 6.07) is 10.9. The lowest BCUT2D eigenvalue weighted by atomic mass is 10.1. The number of halogens is 1. The highest BCUT2D eigenvalue weighted by atomic mass is 35.5. The lowest BCUT2D eigenvalue weighted by molar-refractivity contribution is -0.432. The van der Waals surface area contributed by atoms with Gasteiger partial charge in [-0.1, -0.05) is 5.04 Å². The van der Waals surface area contributed by atoms with Gasteiger partial charge in [-0.2, -0.15) is 40.2 Å². The standard InChI is InChI=1S/C29H25ClN8O17S5/c1-14(39)31-21-13-19(58(44,45)46)10-15-11-22(56-55-54-41)25(26(40)24(15)21)38-37-20-12-17(4-7-23(20)59(47,48)49)33-29-35-27(30)34-28(36-29)32-16-2-5-18(6-3-16)57(42,43)9-8-53-60(50,51)52/h2-7,10-13,40-41H,8-9H2,1H3,(H,31,39)(H,44,45,46)(H,47,48,49)(H,50,51,52)(H2,32,33,34,35,36). The molecule has 25 nitrogen and oxygen atoms in total. The third-order valence-corrected chi connectivity index (χ3v) is 12.0. The van der Waals surface area contributed by atoms with E-state index in [1.54, 1.807) is 0 Å². The van der Waals surface area contributed by atoms with Crippen LogP contribution >= 0.6 is 23.6 Å². The Hall–Kier alpha value is -5.22. The van der Waals surface area contributed by atoms with Gasteiger partial charge in [0.2, 0.25) is 23.1 Å². The fraction of sp³-hybridized carbons (Fsp3) is 0.103. The zero-order valence-corrected chi connectivity index (χ0v) is 34.3. The Morgan fingerprint density at radius 2 is 1.45 bits per heavy atom. The molecule has 0 spiro atoms. The van der Waals surface area contributed by atoms with Crippen LogP contribution in [0.15, 0.2) is 90.5 Å². The second-order valence-electron chi connectivity index (χ2n) is 11.5. The van der Waals surface area contributed by atoms with Crippen LogP contribution in [0.25, 0.3) is 10.8 Å². The molecule has 0 aliphatic rings. The Bertz CT molecular complexity index is 2980. The van der Waals surface area contributed by atoms with Crippen LogP contribution in [-0.4, -0.2) is 90.9 Å². The second kappa shape index (κ2) is 18.2. The molecular formula is C29H25ClN8O17S5. The molecule has 4 aromatic carbocycles. The number of benzene rings is 4. The maximum absolute atomic E-state index is 12.5. The molecule has 1 amide bonds. The molecule has 5 aromatic rings. The first-order valence-corrected chi connectivity index (χ1v) is 22.6. The Morgan fingerprint density at radius 3 is 2.03 bits per heavy atom. The summed E-state index contributed by atoms with van der Waals surface area (Å²) in [4.78, 5) is 22.0. The van der Waals surface area contributed by atoms with E-state index in [2.05, 4.69) is 54.7 Å². The molecule has 1 heterocycles. The molecule has 0 radical (unpaired) electrons. The first kappa shape index (κ1) is 45.9. The number of fused-ring (bicyclic) bond motifs is 1. The van der Waals surface area contributed by atoms with Gasteiger partial charge in [0.1, 0.15) is 16.3 Å². The highest BCUT2D eigenvalue weighted by molar-refractivity contribution is 7.94. The molecule has 0 unspecified atom stereocenters. The monoisotopic (exact) mass is 952 g/mol. The van der Waals surface area contributed by atoms with Crippen molar-refractivity contribution in [3.8, 4) is 5.75 Å². The van der Waals surface area contributed by atoms with Gasteiger partial charge in [-0.15, -0.1) is 14.6 Å². The van der Waals surface area contributed by atoms with E-state index in [4.69, 9.17) is 21.4 Å². The van der Waals surface area contributed by atoms with Crippen LogP contribution in [0.1, 0.15) is 6.92 Å². The van der Waals surface area contributed by atoms with E-state index in [-0.39, 0.29) is 66.8 Å². The molecule has 0 bridgehead atoms. The normalized spacial score (nSPS) is 12.5. The summed E-state index contributed by atoms with van der Waals surface area (Å²) in [5.41, 5.74) is -1.19. The van der Waals surface area contributed by atoms with Crippen molar-refractivity contribution in [3.05, 3.63) is 65.9 Å². The van der Waals surface area contributed by atoms with E-state index in [1.807, 2.05) is 0 Å². The van der Waals surface area contributed by atoms with Crippen molar-refractivity contribution >= 4 is 121 Å². The summed E-state index contributed by atoms with van der Waals surface area (Å²) in [6.07, 6.45) is 0. The van der Waals surface area contributed by atoms with Crippen LogP contribution in [-0.2, 0) is 58.8 Å². The van der Waals surface area contributed by atoms with E-state index in [0.29, 0.717) is 0 Å². The quantitative estimate of drug-likeness (QED) is 0.0205. The second-order valence-corrected chi connectivity index (χ2v) is 18.6. The number of nitrogens with one attached hydrogen (secondary N) is 3. The minimum Gasteiger partial charge on any atom is -0.505 e. The van der Waals surface area contributed by atoms with Gasteiger partial charge in [-0.25, -0.2) is 17.9 Å². The van der Waals surface area contributed by atoms with E-state index in [9.17, 15) is 52.7 Å². The van der Waals surface area contributed by atoms with Crippen molar-refractivity contribution in [3.63, 3.8) is 0 Å². The number of aromatic nitrogens is 3. The lowest BCUT2D eigenvalue weighted by Gasteiger charge is -2.14. The predicted octanol–water partition coefficient (Wildman–Crippen LogP) is 4.76. The average molecular weight is 953 g/mol. The van der Waals surface area contributed by atoms with Crippen molar-refractivity contribution in [1.29, 1.82) is 0 Å². The van der Waals surface area contributed by atoms with Crippen LogP contribution in [0.4, 0.5) is 40.3 Å². The van der Waals surface area contributed by atoms with E-state index >= 15 is 0 Å². The smallest absolute Gasteiger partial charge is 0.397 e. The van der Waals surface area contributed by atoms with Crippen molar-refractivity contribution in [2.45, 2.75) is 26.5 Å². The molecule has 31 heteroatoms. The number of rotatable bonds is 17. The molecule has 0 atom stereocenters. The number of phenolic OH excluding ortho intramolecular Hbond substituents is 1. The first-order chi connectivity index (χ1) is 27.9. The first-order valence-electron chi connectivity index (χ1n) is 15.6. The van der Waals surface area contributed by atoms with E-state index in [0.717, 1.165) is 43.3 Å². The average Bonchev–Trinajstić information content (AvgIpc) is 3.11. The summed E-state index contributed by atoms with van der Waals surface area (Å²) in [5.74, 6) is -2.73. The third kappa shape index (κ3) is 12.0. The molecule has 0 saturated carbocycles. The molecule has 0 fully saturated rings. The van der Waals surface area contributed by atoms with Crippen molar-refractivity contribution in [2.24, 2.45) is 10.2 Å². The van der Waals surface area contributed by atoms with Gasteiger partial charge in [-0.05, 0) is 77.7 Å². The highest BCUT2D eigenvalue weighted by Crippen LogP contribution is 2.47. The number of azo groups is 1. The van der Waals surface area contributed by atoms with Crippen molar-refractivity contribution < 1.29 is 76.0 Å². The van der Waals surface area contributed by atoms with Crippen LogP contribution in [0.2, 0.25) is 5.28 Å². The SMILES string of the molecule is CC(=O)Nc1cc(S(=O)(=O)O)cc2cc(SOOO)c(N=Nc3cc(Nc4nc(Cl)nc(Nc5ccc(S(=O)(=O)CCOS(=O)(=O)O)cc5)n4)ccc3S(=O)(=O)O)c(O)c12. The third-order valence-electron chi connectivity index (χ3n) is 7.30. The van der Waals surface area contributed by atoms with E-state index < -0.39 is 85.7 Å². The molecule has 1 aromatic heterocycles. The number of nitrogens with zero attached hydrogens (tertiary/aromatic N) is 5. The van der Waals surface area contributed by atoms with Gasteiger partial charge in [0.05, 0.1) is 44.8 Å². The van der Waals surface area contributed by atoms with Crippen LogP contribution in [0.5, 0.6) is 5.75 Å². The van der Waals surface area contributed by atoms with Gasteiger partial charge in [-0.3, -0.25) is 18.5 Å². The van der Waals surface area contributed by atoms with Gasteiger partial charge < -0.3 is 21.1 Å². The number of aromatic hydroxyl groups is 1. The topological polar surface area (TPSA) is 382 Å². The van der Waals surface area contributed by atoms with E-state index in [1.165, 1.54) is 24.3 Å². The maximum Gasteiger partial charge on any atom is 0.397 e. The molecule has 60 heavy (non-hydrogen) atoms. The Morgan fingerprint density at radius 1 is 0.817 bits per heavy atom. The summed E-state index contributed by atoms with van der Waals surface area (Å²) in [6.45, 7) is 0.234. The molecule has 320 valence electrons. The largest absolute Gasteiger partial charge is 0.505 e. The van der Waals surface area contributed by atoms with Gasteiger partial charge in [0.15, 0.2) is 15.6 Å².